The fourth-order valence-corrected chi connectivity index (χ4v) is 6.20. The summed E-state index contributed by atoms with van der Waals surface area (Å²) in [5.41, 5.74) is 9.01. The van der Waals surface area contributed by atoms with E-state index in [1.54, 1.807) is 7.05 Å². The summed E-state index contributed by atoms with van der Waals surface area (Å²) in [6.07, 6.45) is 19.1. The van der Waals surface area contributed by atoms with Gasteiger partial charge >= 0.3 is 0 Å². The summed E-state index contributed by atoms with van der Waals surface area (Å²) in [4.78, 5) is 4.98. The predicted octanol–water partition coefficient (Wildman–Crippen LogP) is 7.70. The monoisotopic (exact) mass is 516 g/mol. The summed E-state index contributed by atoms with van der Waals surface area (Å²) in [7, 11) is 1.69. The Balaban J connectivity index is 1.46. The van der Waals surface area contributed by atoms with Crippen LogP contribution in [0.3, 0.4) is 0 Å². The number of aromatic nitrogens is 3. The Morgan fingerprint density at radius 1 is 0.947 bits per heavy atom. The lowest BCUT2D eigenvalue weighted by Crippen LogP contribution is -2.32. The van der Waals surface area contributed by atoms with E-state index >= 15 is 0 Å². The van der Waals surface area contributed by atoms with Crippen molar-refractivity contribution >= 4 is 5.65 Å². The molecule has 7 nitrogen and oxygen atoms in total. The zero-order valence-electron chi connectivity index (χ0n) is 23.4. The largest absolute Gasteiger partial charge is 0.490 e. The molecule has 7 heteroatoms. The van der Waals surface area contributed by atoms with Gasteiger partial charge in [0.25, 0.3) is 0 Å². The molecule has 1 aromatic carbocycles. The molecule has 38 heavy (non-hydrogen) atoms. The molecule has 1 unspecified atom stereocenters. The molecule has 0 aliphatic heterocycles. The Labute approximate surface area is 227 Å². The van der Waals surface area contributed by atoms with Crippen molar-refractivity contribution in [3.8, 4) is 16.9 Å². The van der Waals surface area contributed by atoms with Crippen LogP contribution < -0.4 is 10.2 Å². The van der Waals surface area contributed by atoms with Crippen LogP contribution in [0.2, 0.25) is 0 Å². The highest BCUT2D eigenvalue weighted by molar-refractivity contribution is 5.69. The van der Waals surface area contributed by atoms with Crippen LogP contribution in [0.5, 0.6) is 5.75 Å². The molecule has 2 aliphatic carbocycles. The van der Waals surface area contributed by atoms with E-state index in [1.807, 2.05) is 6.20 Å². The second-order valence-corrected chi connectivity index (χ2v) is 11.5. The van der Waals surface area contributed by atoms with E-state index < -0.39 is 0 Å². The van der Waals surface area contributed by atoms with Gasteiger partial charge in [-0.05, 0) is 68.6 Å². The maximum Gasteiger partial charge on any atom is 0.158 e. The van der Waals surface area contributed by atoms with E-state index in [4.69, 9.17) is 14.8 Å². The number of nitrogens with one attached hydrogen (secondary N) is 1. The van der Waals surface area contributed by atoms with Crippen LogP contribution in [0, 0.1) is 5.92 Å². The average Bonchev–Trinajstić information content (AvgIpc) is 3.17. The van der Waals surface area contributed by atoms with Crippen molar-refractivity contribution in [3.63, 3.8) is 0 Å². The van der Waals surface area contributed by atoms with Crippen molar-refractivity contribution < 1.29 is 4.74 Å². The number of hydrogen-bond acceptors (Lipinski definition) is 5. The minimum absolute atomic E-state index is 0.173. The first-order chi connectivity index (χ1) is 18.6. The smallest absolute Gasteiger partial charge is 0.158 e. The zero-order valence-corrected chi connectivity index (χ0v) is 23.4. The maximum absolute atomic E-state index is 6.38. The van der Waals surface area contributed by atoms with Crippen molar-refractivity contribution in [3.05, 3.63) is 47.9 Å². The van der Waals surface area contributed by atoms with Crippen LogP contribution in [0.1, 0.15) is 102 Å². The summed E-state index contributed by atoms with van der Waals surface area (Å²) < 4.78 is 8.51. The molecule has 3 aromatic rings. The van der Waals surface area contributed by atoms with E-state index in [-0.39, 0.29) is 6.04 Å². The molecule has 0 spiro atoms. The van der Waals surface area contributed by atoms with Crippen LogP contribution in [0.4, 0.5) is 0 Å². The van der Waals surface area contributed by atoms with Crippen LogP contribution in [0.15, 0.2) is 47.0 Å². The Kier molecular flexibility index (Phi) is 8.92. The molecule has 0 radical (unpaired) electrons. The molecular weight excluding hydrogens is 472 g/mol. The zero-order chi connectivity index (χ0) is 26.3. The van der Waals surface area contributed by atoms with Gasteiger partial charge in [0.05, 0.1) is 31.1 Å². The third-order valence-corrected chi connectivity index (χ3v) is 8.47. The van der Waals surface area contributed by atoms with E-state index in [0.717, 1.165) is 23.4 Å². The lowest BCUT2D eigenvalue weighted by Gasteiger charge is -2.25. The maximum atomic E-state index is 6.38. The summed E-state index contributed by atoms with van der Waals surface area (Å²) in [6, 6.07) is 8.88. The fourth-order valence-electron chi connectivity index (χ4n) is 6.20. The Hall–Kier alpha value is -2.96. The summed E-state index contributed by atoms with van der Waals surface area (Å²) >= 11 is 0. The van der Waals surface area contributed by atoms with Gasteiger partial charge in [0, 0.05) is 23.2 Å². The highest BCUT2D eigenvalue weighted by Gasteiger charge is 2.25. The van der Waals surface area contributed by atoms with Gasteiger partial charge in [0.2, 0.25) is 0 Å². The molecule has 0 bridgehead atoms. The molecule has 1 N–H and O–H groups in total. The Bertz CT molecular complexity index is 1190. The van der Waals surface area contributed by atoms with E-state index in [9.17, 15) is 0 Å². The number of hydrogen-bond donors (Lipinski definition) is 1. The third kappa shape index (κ3) is 6.19. The molecule has 0 saturated heterocycles. The first kappa shape index (κ1) is 26.6. The van der Waals surface area contributed by atoms with Gasteiger partial charge < -0.3 is 4.74 Å². The van der Waals surface area contributed by atoms with Crippen molar-refractivity contribution in [1.29, 1.82) is 0 Å². The summed E-state index contributed by atoms with van der Waals surface area (Å²) in [6.45, 7) is 4.41. The van der Waals surface area contributed by atoms with Gasteiger partial charge in [-0.3, -0.25) is 5.43 Å². The molecule has 2 heterocycles. The van der Waals surface area contributed by atoms with E-state index in [2.05, 4.69) is 64.6 Å². The highest BCUT2D eigenvalue weighted by atomic mass is 16.5. The molecule has 5 rings (SSSR count). The fraction of sp³-hybridized carbons (Fsp3) is 0.613. The second kappa shape index (κ2) is 12.7. The molecule has 0 amide bonds. The Morgan fingerprint density at radius 2 is 1.63 bits per heavy atom. The predicted molar refractivity (Wildman–Crippen MR) is 153 cm³/mol. The molecule has 2 aliphatic rings. The third-order valence-electron chi connectivity index (χ3n) is 8.47. The Morgan fingerprint density at radius 3 is 2.32 bits per heavy atom. The first-order valence-corrected chi connectivity index (χ1v) is 14.8. The summed E-state index contributed by atoms with van der Waals surface area (Å²) in [5.74, 6) is 1.88. The van der Waals surface area contributed by atoms with Crippen LogP contribution in [-0.4, -0.2) is 33.8 Å². The minimum Gasteiger partial charge on any atom is -0.490 e. The second-order valence-electron chi connectivity index (χ2n) is 11.5. The molecule has 2 aromatic heterocycles. The van der Waals surface area contributed by atoms with Crippen LogP contribution in [-0.2, 0) is 6.42 Å². The average molecular weight is 517 g/mol. The van der Waals surface area contributed by atoms with Crippen molar-refractivity contribution in [2.75, 3.05) is 7.05 Å². The van der Waals surface area contributed by atoms with Crippen molar-refractivity contribution in [1.82, 2.24) is 20.0 Å². The van der Waals surface area contributed by atoms with Gasteiger partial charge in [-0.1, -0.05) is 63.3 Å². The lowest BCUT2D eigenvalue weighted by molar-refractivity contribution is 0.184. The molecule has 204 valence electrons. The number of ether oxygens (including phenoxy) is 1. The molecule has 2 saturated carbocycles. The normalized spacial score (nSPS) is 18.7. The van der Waals surface area contributed by atoms with E-state index in [1.165, 1.54) is 87.4 Å². The summed E-state index contributed by atoms with van der Waals surface area (Å²) in [5, 5.41) is 12.9. The first-order valence-electron chi connectivity index (χ1n) is 14.8. The standard InChI is InChI=1S/C31H44N6O/c1-22(2)29(35-36-32-3)19-25-20-34-37-30(24-11-7-6-8-12-24)28(21-33-31(25)37)23-15-17-27(18-16-23)38-26-13-9-4-5-10-14-26/h15-18,20-22,24,26,29H,4-14,19H2,1-3H3,(H,32,35). The van der Waals surface area contributed by atoms with Gasteiger partial charge in [-0.25, -0.2) is 9.50 Å². The molecule has 1 atom stereocenters. The van der Waals surface area contributed by atoms with Crippen LogP contribution >= 0.6 is 0 Å². The van der Waals surface area contributed by atoms with E-state index in [0.29, 0.717) is 17.9 Å². The molecule has 2 fully saturated rings. The minimum atomic E-state index is 0.173. The van der Waals surface area contributed by atoms with Crippen LogP contribution in [0.25, 0.3) is 16.8 Å². The van der Waals surface area contributed by atoms with Crippen molar-refractivity contribution in [2.45, 2.75) is 109 Å². The number of benzene rings is 1. The van der Waals surface area contributed by atoms with Crippen molar-refractivity contribution in [2.24, 2.45) is 16.3 Å². The SMILES string of the molecule is CN=NNC(Cc1cnn2c(C3CCCCC3)c(-c3ccc(OC4CCCCCC4)cc3)cnc12)C(C)C. The topological polar surface area (TPSA) is 76.2 Å². The quantitative estimate of drug-likeness (QED) is 0.180. The lowest BCUT2D eigenvalue weighted by atomic mass is 9.84. The van der Waals surface area contributed by atoms with Gasteiger partial charge in [0.15, 0.2) is 5.65 Å². The number of fused-ring (bicyclic) bond motifs is 1. The number of rotatable bonds is 9. The molecular formula is C31H44N6O. The van der Waals surface area contributed by atoms with Gasteiger partial charge in [-0.2, -0.15) is 10.2 Å². The number of nitrogens with zero attached hydrogens (tertiary/aromatic N) is 5. The highest BCUT2D eigenvalue weighted by Crippen LogP contribution is 2.39. The van der Waals surface area contributed by atoms with Gasteiger partial charge in [-0.15, -0.1) is 0 Å². The van der Waals surface area contributed by atoms with Gasteiger partial charge in [0.1, 0.15) is 5.75 Å².